The fourth-order valence-electron chi connectivity index (χ4n) is 2.80. The number of phenolic OH excluding ortho intramolecular Hbond substituents is 1. The molecule has 1 heterocycles. The number of aromatic hydroxyl groups is 1. The lowest BCUT2D eigenvalue weighted by Gasteiger charge is -2.28. The van der Waals surface area contributed by atoms with Gasteiger partial charge in [-0.3, -0.25) is 0 Å². The van der Waals surface area contributed by atoms with E-state index in [4.69, 9.17) is 14.2 Å². The molecule has 0 saturated heterocycles. The van der Waals surface area contributed by atoms with E-state index < -0.39 is 17.9 Å². The van der Waals surface area contributed by atoms with Gasteiger partial charge in [0.15, 0.2) is 11.5 Å². The Hall–Kier alpha value is -2.96. The number of hydrogen-bond donors (Lipinski definition) is 1. The second-order valence-corrected chi connectivity index (χ2v) is 5.64. The molecule has 0 fully saturated rings. The van der Waals surface area contributed by atoms with Crippen LogP contribution in [0.25, 0.3) is 0 Å². The van der Waals surface area contributed by atoms with Crippen molar-refractivity contribution in [1.29, 1.82) is 0 Å². The molecule has 26 heavy (non-hydrogen) atoms. The van der Waals surface area contributed by atoms with Crippen molar-refractivity contribution in [2.24, 2.45) is 0 Å². The highest BCUT2D eigenvalue weighted by Gasteiger charge is 2.35. The summed E-state index contributed by atoms with van der Waals surface area (Å²) >= 11 is 0. The Morgan fingerprint density at radius 3 is 2.08 bits per heavy atom. The van der Waals surface area contributed by atoms with Gasteiger partial charge in [-0.2, -0.15) is 0 Å². The topological polar surface area (TPSA) is 85.3 Å². The highest BCUT2D eigenvalue weighted by Crippen LogP contribution is 2.39. The number of carbonyl (C=O) groups is 2. The average Bonchev–Trinajstić information content (AvgIpc) is 2.62. The predicted molar refractivity (Wildman–Crippen MR) is 94.6 cm³/mol. The molecule has 1 N–H and O–H groups in total. The second kappa shape index (κ2) is 8.42. The summed E-state index contributed by atoms with van der Waals surface area (Å²) in [6.07, 6.45) is 3.23. The van der Waals surface area contributed by atoms with Gasteiger partial charge in [0.1, 0.15) is 0 Å². The molecule has 7 heteroatoms. The van der Waals surface area contributed by atoms with E-state index in [0.29, 0.717) is 16.7 Å². The molecule has 0 aromatic heterocycles. The van der Waals surface area contributed by atoms with Crippen LogP contribution in [0.2, 0.25) is 0 Å². The van der Waals surface area contributed by atoms with Crippen LogP contribution < -0.4 is 4.74 Å². The smallest absolute Gasteiger partial charge is 0.336 e. The van der Waals surface area contributed by atoms with Gasteiger partial charge < -0.3 is 24.2 Å². The van der Waals surface area contributed by atoms with E-state index in [1.54, 1.807) is 50.3 Å². The van der Waals surface area contributed by atoms with Crippen molar-refractivity contribution in [3.8, 4) is 11.5 Å². The number of methoxy groups -OCH3 is 1. The highest BCUT2D eigenvalue weighted by atomic mass is 16.5. The molecule has 0 saturated carbocycles. The minimum absolute atomic E-state index is 0.0347. The van der Waals surface area contributed by atoms with Crippen LogP contribution in [0.1, 0.15) is 25.3 Å². The number of phenols is 1. The number of rotatable bonds is 6. The summed E-state index contributed by atoms with van der Waals surface area (Å²) in [4.78, 5) is 26.6. The van der Waals surface area contributed by atoms with Gasteiger partial charge in [0, 0.05) is 19.4 Å². The molecule has 2 rings (SSSR count). The van der Waals surface area contributed by atoms with Crippen molar-refractivity contribution in [2.45, 2.75) is 19.8 Å². The van der Waals surface area contributed by atoms with Gasteiger partial charge >= 0.3 is 11.9 Å². The van der Waals surface area contributed by atoms with Gasteiger partial charge in [0.05, 0.1) is 37.4 Å². The van der Waals surface area contributed by atoms with Crippen molar-refractivity contribution < 1.29 is 28.9 Å². The summed E-state index contributed by atoms with van der Waals surface area (Å²) < 4.78 is 15.5. The van der Waals surface area contributed by atoms with E-state index in [1.165, 1.54) is 13.2 Å². The number of ether oxygens (including phenoxy) is 3. The van der Waals surface area contributed by atoms with Crippen molar-refractivity contribution >= 4 is 11.9 Å². The van der Waals surface area contributed by atoms with Crippen molar-refractivity contribution in [3.05, 3.63) is 47.3 Å². The largest absolute Gasteiger partial charge is 0.504 e. The summed E-state index contributed by atoms with van der Waals surface area (Å²) in [7, 11) is 3.14. The molecule has 140 valence electrons. The predicted octanol–water partition coefficient (Wildman–Crippen LogP) is 2.32. The minimum atomic E-state index is -0.696. The zero-order valence-corrected chi connectivity index (χ0v) is 15.3. The van der Waals surface area contributed by atoms with Crippen LogP contribution in [0.3, 0.4) is 0 Å². The van der Waals surface area contributed by atoms with E-state index in [9.17, 15) is 14.7 Å². The van der Waals surface area contributed by atoms with Gasteiger partial charge in [-0.1, -0.05) is 6.07 Å². The number of nitrogens with zero attached hydrogens (tertiary/aromatic N) is 1. The van der Waals surface area contributed by atoms with Gasteiger partial charge in [0.2, 0.25) is 0 Å². The number of hydrogen-bond acceptors (Lipinski definition) is 7. The van der Waals surface area contributed by atoms with Crippen LogP contribution in [0, 0.1) is 0 Å². The van der Waals surface area contributed by atoms with E-state index in [2.05, 4.69) is 0 Å². The maximum Gasteiger partial charge on any atom is 0.336 e. The standard InChI is InChI=1S/C19H23NO6/c1-5-25-18(22)13-10-20(3)11-14(19(23)26-6-2)17(13)12-7-8-15(21)16(9-12)24-4/h7-11,17,21H,5-6H2,1-4H3. The van der Waals surface area contributed by atoms with Crippen molar-refractivity contribution in [1.82, 2.24) is 4.90 Å². The van der Waals surface area contributed by atoms with Crippen LogP contribution in [0.5, 0.6) is 11.5 Å². The van der Waals surface area contributed by atoms with Crippen molar-refractivity contribution in [3.63, 3.8) is 0 Å². The highest BCUT2D eigenvalue weighted by molar-refractivity contribution is 5.98. The third-order valence-electron chi connectivity index (χ3n) is 3.87. The lowest BCUT2D eigenvalue weighted by Crippen LogP contribution is -2.28. The quantitative estimate of drug-likeness (QED) is 0.778. The zero-order valence-electron chi connectivity index (χ0n) is 15.3. The first-order valence-electron chi connectivity index (χ1n) is 8.29. The number of benzene rings is 1. The van der Waals surface area contributed by atoms with Crippen LogP contribution >= 0.6 is 0 Å². The number of esters is 2. The first kappa shape index (κ1) is 19.4. The van der Waals surface area contributed by atoms with Crippen molar-refractivity contribution in [2.75, 3.05) is 27.4 Å². The molecule has 0 radical (unpaired) electrons. The van der Waals surface area contributed by atoms with E-state index >= 15 is 0 Å². The monoisotopic (exact) mass is 361 g/mol. The SMILES string of the molecule is CCOC(=O)C1=CN(C)C=C(C(=O)OCC)C1c1ccc(O)c(OC)c1. The normalized spacial score (nSPS) is 14.4. The molecule has 0 bridgehead atoms. The Morgan fingerprint density at radius 1 is 1.08 bits per heavy atom. The summed E-state index contributed by atoms with van der Waals surface area (Å²) in [6.45, 7) is 3.85. The van der Waals surface area contributed by atoms with E-state index in [1.807, 2.05) is 0 Å². The molecular formula is C19H23NO6. The van der Waals surface area contributed by atoms with Gasteiger partial charge in [-0.25, -0.2) is 9.59 Å². The summed E-state index contributed by atoms with van der Waals surface area (Å²) in [5, 5.41) is 9.85. The van der Waals surface area contributed by atoms with Crippen LogP contribution in [0.15, 0.2) is 41.7 Å². The maximum atomic E-state index is 12.5. The summed E-state index contributed by atoms with van der Waals surface area (Å²) in [5.41, 5.74) is 1.20. The fraction of sp³-hybridized carbons (Fsp3) is 0.368. The lowest BCUT2D eigenvalue weighted by molar-refractivity contribution is -0.139. The van der Waals surface area contributed by atoms with E-state index in [-0.39, 0.29) is 24.7 Å². The number of carbonyl (C=O) groups excluding carboxylic acids is 2. The van der Waals surface area contributed by atoms with E-state index in [0.717, 1.165) is 0 Å². The van der Waals surface area contributed by atoms with Gasteiger partial charge in [-0.05, 0) is 31.5 Å². The molecule has 0 spiro atoms. The molecule has 1 aromatic rings. The molecule has 7 nitrogen and oxygen atoms in total. The second-order valence-electron chi connectivity index (χ2n) is 5.64. The first-order valence-corrected chi connectivity index (χ1v) is 8.29. The Bertz CT molecular complexity index is 716. The van der Waals surface area contributed by atoms with Crippen LogP contribution in [-0.4, -0.2) is 49.3 Å². The average molecular weight is 361 g/mol. The molecule has 1 aliphatic rings. The first-order chi connectivity index (χ1) is 12.4. The molecule has 0 unspecified atom stereocenters. The Kier molecular flexibility index (Phi) is 6.27. The maximum absolute atomic E-state index is 12.5. The zero-order chi connectivity index (χ0) is 19.3. The Labute approximate surface area is 152 Å². The van der Waals surface area contributed by atoms with Crippen LogP contribution in [0.4, 0.5) is 0 Å². The van der Waals surface area contributed by atoms with Crippen LogP contribution in [-0.2, 0) is 19.1 Å². The third-order valence-corrected chi connectivity index (χ3v) is 3.87. The lowest BCUT2D eigenvalue weighted by atomic mass is 9.83. The van der Waals surface area contributed by atoms with Gasteiger partial charge in [0.25, 0.3) is 0 Å². The summed E-state index contributed by atoms with van der Waals surface area (Å²) in [6, 6.07) is 4.68. The third kappa shape index (κ3) is 3.99. The summed E-state index contributed by atoms with van der Waals surface area (Å²) in [5.74, 6) is -1.53. The molecule has 0 amide bonds. The minimum Gasteiger partial charge on any atom is -0.504 e. The fourth-order valence-corrected chi connectivity index (χ4v) is 2.80. The Balaban J connectivity index is 2.57. The molecule has 1 aromatic carbocycles. The molecule has 0 atom stereocenters. The Morgan fingerprint density at radius 2 is 1.62 bits per heavy atom. The molecular weight excluding hydrogens is 338 g/mol. The molecule has 1 aliphatic heterocycles. The molecule has 0 aliphatic carbocycles. The van der Waals surface area contributed by atoms with Gasteiger partial charge in [-0.15, -0.1) is 0 Å².